The Morgan fingerprint density at radius 3 is 3.00 bits per heavy atom. The Kier molecular flexibility index (Phi) is 2.35. The van der Waals surface area contributed by atoms with Crippen LogP contribution >= 0.6 is 0 Å². The van der Waals surface area contributed by atoms with Gasteiger partial charge < -0.3 is 9.88 Å². The van der Waals surface area contributed by atoms with Crippen LogP contribution in [-0.2, 0) is 4.79 Å². The summed E-state index contributed by atoms with van der Waals surface area (Å²) in [6, 6.07) is 2.54. The van der Waals surface area contributed by atoms with Gasteiger partial charge in [0.1, 0.15) is 5.82 Å². The molecular weight excluding hydrogens is 178 g/mol. The van der Waals surface area contributed by atoms with Crippen LogP contribution in [-0.4, -0.2) is 24.2 Å². The quantitative estimate of drug-likeness (QED) is 0.568. The lowest BCUT2D eigenvalue weighted by atomic mass is 10.3. The number of nitrogens with zero attached hydrogens (tertiary/aromatic N) is 2. The molecule has 1 aliphatic carbocycles. The summed E-state index contributed by atoms with van der Waals surface area (Å²) in [5, 5.41) is 2.72. The van der Waals surface area contributed by atoms with E-state index >= 15 is 0 Å². The van der Waals surface area contributed by atoms with Crippen LogP contribution in [0.4, 0.5) is 5.82 Å². The Morgan fingerprint density at radius 2 is 2.43 bits per heavy atom. The van der Waals surface area contributed by atoms with E-state index in [0.29, 0.717) is 12.5 Å². The fourth-order valence-corrected chi connectivity index (χ4v) is 1.58. The smallest absolute Gasteiger partial charge is 0.212 e. The predicted molar refractivity (Wildman–Crippen MR) is 55.9 cm³/mol. The molecule has 1 aromatic rings. The molecule has 0 atom stereocenters. The summed E-state index contributed by atoms with van der Waals surface area (Å²) in [7, 11) is 1.72. The summed E-state index contributed by atoms with van der Waals surface area (Å²) in [6.07, 6.45) is 6.86. The SMILES string of the molecule is CN=Cc1ccn(C2CC2)c1NC=O. The van der Waals surface area contributed by atoms with E-state index in [9.17, 15) is 4.79 Å². The molecule has 1 N–H and O–H groups in total. The van der Waals surface area contributed by atoms with E-state index in [2.05, 4.69) is 14.9 Å². The third-order valence-corrected chi connectivity index (χ3v) is 2.35. The van der Waals surface area contributed by atoms with Gasteiger partial charge >= 0.3 is 0 Å². The van der Waals surface area contributed by atoms with E-state index in [-0.39, 0.29) is 0 Å². The third-order valence-electron chi connectivity index (χ3n) is 2.35. The van der Waals surface area contributed by atoms with Gasteiger partial charge in [0.15, 0.2) is 0 Å². The van der Waals surface area contributed by atoms with E-state index in [1.807, 2.05) is 12.3 Å². The van der Waals surface area contributed by atoms with Gasteiger partial charge in [-0.25, -0.2) is 0 Å². The third kappa shape index (κ3) is 1.55. The van der Waals surface area contributed by atoms with Gasteiger partial charge in [0.05, 0.1) is 0 Å². The number of aliphatic imine (C=N–C) groups is 1. The first-order chi connectivity index (χ1) is 6.86. The highest BCUT2D eigenvalue weighted by Gasteiger charge is 2.25. The zero-order chi connectivity index (χ0) is 9.97. The molecule has 1 aromatic heterocycles. The van der Waals surface area contributed by atoms with Crippen molar-refractivity contribution in [3.63, 3.8) is 0 Å². The van der Waals surface area contributed by atoms with Crippen LogP contribution in [0.25, 0.3) is 0 Å². The number of anilines is 1. The highest BCUT2D eigenvalue weighted by atomic mass is 16.1. The van der Waals surface area contributed by atoms with Gasteiger partial charge in [0, 0.05) is 31.1 Å². The lowest BCUT2D eigenvalue weighted by Crippen LogP contribution is -2.04. The van der Waals surface area contributed by atoms with Crippen LogP contribution in [0.1, 0.15) is 24.4 Å². The summed E-state index contributed by atoms with van der Waals surface area (Å²) in [5.41, 5.74) is 0.964. The zero-order valence-electron chi connectivity index (χ0n) is 8.10. The maximum atomic E-state index is 10.5. The van der Waals surface area contributed by atoms with E-state index in [0.717, 1.165) is 11.4 Å². The molecule has 0 radical (unpaired) electrons. The van der Waals surface area contributed by atoms with Crippen molar-refractivity contribution in [1.82, 2.24) is 4.57 Å². The monoisotopic (exact) mass is 191 g/mol. The van der Waals surface area contributed by atoms with Crippen LogP contribution in [0.3, 0.4) is 0 Å². The molecular formula is C10H13N3O. The maximum Gasteiger partial charge on any atom is 0.212 e. The molecule has 1 amide bonds. The van der Waals surface area contributed by atoms with Gasteiger partial charge in [-0.3, -0.25) is 9.79 Å². The number of carbonyl (C=O) groups excluding carboxylic acids is 1. The van der Waals surface area contributed by atoms with Gasteiger partial charge in [0.25, 0.3) is 0 Å². The van der Waals surface area contributed by atoms with Crippen molar-refractivity contribution >= 4 is 18.4 Å². The largest absolute Gasteiger partial charge is 0.331 e. The summed E-state index contributed by atoms with van der Waals surface area (Å²) in [5.74, 6) is 0.855. The number of carbonyl (C=O) groups is 1. The second-order valence-electron chi connectivity index (χ2n) is 3.41. The Hall–Kier alpha value is -1.58. The average Bonchev–Trinajstić information content (AvgIpc) is 2.94. The number of hydrogen-bond donors (Lipinski definition) is 1. The molecule has 74 valence electrons. The van der Waals surface area contributed by atoms with Crippen molar-refractivity contribution in [2.24, 2.45) is 4.99 Å². The Morgan fingerprint density at radius 1 is 1.64 bits per heavy atom. The van der Waals surface area contributed by atoms with Crippen LogP contribution in [0, 0.1) is 0 Å². The maximum absolute atomic E-state index is 10.5. The molecule has 0 aromatic carbocycles. The van der Waals surface area contributed by atoms with Crippen molar-refractivity contribution in [1.29, 1.82) is 0 Å². The minimum atomic E-state index is 0.566. The Bertz CT molecular complexity index is 363. The van der Waals surface area contributed by atoms with E-state index in [4.69, 9.17) is 0 Å². The molecule has 0 spiro atoms. The minimum absolute atomic E-state index is 0.566. The van der Waals surface area contributed by atoms with Gasteiger partial charge in [-0.1, -0.05) is 0 Å². The van der Waals surface area contributed by atoms with E-state index < -0.39 is 0 Å². The number of nitrogens with one attached hydrogen (secondary N) is 1. The highest BCUT2D eigenvalue weighted by Crippen LogP contribution is 2.38. The van der Waals surface area contributed by atoms with Crippen molar-refractivity contribution < 1.29 is 4.79 Å². The van der Waals surface area contributed by atoms with Crippen LogP contribution in [0.2, 0.25) is 0 Å². The number of aromatic nitrogens is 1. The number of hydrogen-bond acceptors (Lipinski definition) is 2. The van der Waals surface area contributed by atoms with Crippen LogP contribution < -0.4 is 5.32 Å². The molecule has 14 heavy (non-hydrogen) atoms. The first-order valence-electron chi connectivity index (χ1n) is 4.70. The Balaban J connectivity index is 2.34. The zero-order valence-corrected chi connectivity index (χ0v) is 8.10. The normalized spacial score (nSPS) is 16.1. The summed E-state index contributed by atoms with van der Waals surface area (Å²) >= 11 is 0. The van der Waals surface area contributed by atoms with Gasteiger partial charge in [-0.05, 0) is 18.9 Å². The lowest BCUT2D eigenvalue weighted by molar-refractivity contribution is -0.105. The summed E-state index contributed by atoms with van der Waals surface area (Å²) in [6.45, 7) is 0. The van der Waals surface area contributed by atoms with Crippen molar-refractivity contribution in [3.05, 3.63) is 17.8 Å². The molecule has 4 nitrogen and oxygen atoms in total. The molecule has 1 fully saturated rings. The molecule has 4 heteroatoms. The fraction of sp³-hybridized carbons (Fsp3) is 0.400. The molecule has 0 bridgehead atoms. The molecule has 2 rings (SSSR count). The molecule has 1 aliphatic rings. The highest BCUT2D eigenvalue weighted by molar-refractivity contribution is 5.90. The number of amides is 1. The van der Waals surface area contributed by atoms with Gasteiger partial charge in [0.2, 0.25) is 6.41 Å². The second-order valence-corrected chi connectivity index (χ2v) is 3.41. The molecule has 0 aliphatic heterocycles. The van der Waals surface area contributed by atoms with Crippen molar-refractivity contribution in [2.75, 3.05) is 12.4 Å². The first-order valence-corrected chi connectivity index (χ1v) is 4.70. The number of rotatable bonds is 4. The lowest BCUT2D eigenvalue weighted by Gasteiger charge is -2.06. The van der Waals surface area contributed by atoms with E-state index in [1.54, 1.807) is 13.3 Å². The van der Waals surface area contributed by atoms with E-state index in [1.165, 1.54) is 12.8 Å². The fourth-order valence-electron chi connectivity index (χ4n) is 1.58. The van der Waals surface area contributed by atoms with Gasteiger partial charge in [-0.15, -0.1) is 0 Å². The average molecular weight is 191 g/mol. The Labute approximate surface area is 82.6 Å². The standard InChI is InChI=1S/C10H13N3O/c1-11-6-8-4-5-13(9-2-3-9)10(8)12-7-14/h4-7,9H,2-3H2,1H3,(H,12,14). The van der Waals surface area contributed by atoms with Crippen molar-refractivity contribution in [3.8, 4) is 0 Å². The minimum Gasteiger partial charge on any atom is -0.331 e. The summed E-state index contributed by atoms with van der Waals surface area (Å²) in [4.78, 5) is 14.4. The van der Waals surface area contributed by atoms with Gasteiger partial charge in [-0.2, -0.15) is 0 Å². The van der Waals surface area contributed by atoms with Crippen LogP contribution in [0.15, 0.2) is 17.3 Å². The molecule has 1 heterocycles. The second kappa shape index (κ2) is 3.65. The molecule has 0 saturated heterocycles. The van der Waals surface area contributed by atoms with Crippen LogP contribution in [0.5, 0.6) is 0 Å². The topological polar surface area (TPSA) is 46.4 Å². The molecule has 0 unspecified atom stereocenters. The molecule has 1 saturated carbocycles. The summed E-state index contributed by atoms with van der Waals surface area (Å²) < 4.78 is 2.10. The predicted octanol–water partition coefficient (Wildman–Crippen LogP) is 1.44. The first kappa shape index (κ1) is 8.99. The van der Waals surface area contributed by atoms with Crippen molar-refractivity contribution in [2.45, 2.75) is 18.9 Å².